The van der Waals surface area contributed by atoms with Crippen molar-refractivity contribution < 1.29 is 4.74 Å². The van der Waals surface area contributed by atoms with E-state index < -0.39 is 0 Å². The molecule has 0 aromatic heterocycles. The summed E-state index contributed by atoms with van der Waals surface area (Å²) in [5.74, 6) is 1.98. The molecule has 1 aliphatic rings. The third-order valence-corrected chi connectivity index (χ3v) is 3.41. The fourth-order valence-corrected chi connectivity index (χ4v) is 2.19. The summed E-state index contributed by atoms with van der Waals surface area (Å²) in [6, 6.07) is 9.04. The molecule has 1 aromatic rings. The number of nitrogens with one attached hydrogen (secondary N) is 1. The monoisotopic (exact) mass is 247 g/mol. The van der Waals surface area contributed by atoms with Crippen LogP contribution in [0.1, 0.15) is 45.1 Å². The topological polar surface area (TPSA) is 21.3 Å². The lowest BCUT2D eigenvalue weighted by Gasteiger charge is -2.14. The van der Waals surface area contributed by atoms with Crippen molar-refractivity contribution in [3.63, 3.8) is 0 Å². The quantitative estimate of drug-likeness (QED) is 0.755. The Morgan fingerprint density at radius 3 is 2.94 bits per heavy atom. The van der Waals surface area contributed by atoms with Crippen molar-refractivity contribution >= 4 is 0 Å². The van der Waals surface area contributed by atoms with Crippen LogP contribution in [-0.4, -0.2) is 12.6 Å². The Morgan fingerprint density at radius 1 is 1.39 bits per heavy atom. The normalized spacial score (nSPS) is 16.6. The van der Waals surface area contributed by atoms with Crippen LogP contribution in [-0.2, 0) is 6.54 Å². The van der Waals surface area contributed by atoms with Gasteiger partial charge in [-0.05, 0) is 43.4 Å². The molecule has 0 radical (unpaired) electrons. The summed E-state index contributed by atoms with van der Waals surface area (Å²) in [4.78, 5) is 0. The van der Waals surface area contributed by atoms with Gasteiger partial charge in [0.15, 0.2) is 0 Å². The van der Waals surface area contributed by atoms with Gasteiger partial charge >= 0.3 is 0 Å². The van der Waals surface area contributed by atoms with E-state index in [1.54, 1.807) is 0 Å². The zero-order valence-corrected chi connectivity index (χ0v) is 11.6. The number of hydrogen-bond donors (Lipinski definition) is 1. The highest BCUT2D eigenvalue weighted by Gasteiger charge is 2.23. The summed E-state index contributed by atoms with van der Waals surface area (Å²) in [6.45, 7) is 6.16. The van der Waals surface area contributed by atoms with Gasteiger partial charge in [0.2, 0.25) is 0 Å². The molecule has 1 saturated carbocycles. The summed E-state index contributed by atoms with van der Waals surface area (Å²) in [5, 5.41) is 3.60. The van der Waals surface area contributed by atoms with E-state index in [9.17, 15) is 0 Å². The minimum atomic E-state index is 0.623. The summed E-state index contributed by atoms with van der Waals surface area (Å²) in [5.41, 5.74) is 1.31. The van der Waals surface area contributed by atoms with Gasteiger partial charge in [-0.3, -0.25) is 0 Å². The summed E-state index contributed by atoms with van der Waals surface area (Å²) < 4.78 is 5.65. The van der Waals surface area contributed by atoms with Crippen LogP contribution in [0.5, 0.6) is 5.75 Å². The fourth-order valence-electron chi connectivity index (χ4n) is 2.19. The first-order valence-corrected chi connectivity index (χ1v) is 7.23. The van der Waals surface area contributed by atoms with E-state index in [1.165, 1.54) is 24.8 Å². The Hall–Kier alpha value is -1.02. The zero-order valence-electron chi connectivity index (χ0n) is 11.6. The summed E-state index contributed by atoms with van der Waals surface area (Å²) in [7, 11) is 0. The lowest BCUT2D eigenvalue weighted by atomic mass is 10.1. The summed E-state index contributed by atoms with van der Waals surface area (Å²) >= 11 is 0. The van der Waals surface area contributed by atoms with E-state index in [2.05, 4.69) is 37.4 Å². The Labute approximate surface area is 111 Å². The van der Waals surface area contributed by atoms with Gasteiger partial charge in [-0.25, -0.2) is 0 Å². The second kappa shape index (κ2) is 6.79. The standard InChI is InChI=1S/C16H25NO/c1-3-9-18-16-6-4-5-15(11-16)12-17-13(2)10-14-7-8-14/h4-6,11,13-14,17H,3,7-10,12H2,1-2H3. The Kier molecular flexibility index (Phi) is 5.06. The Morgan fingerprint density at radius 2 is 2.22 bits per heavy atom. The highest BCUT2D eigenvalue weighted by Crippen LogP contribution is 2.33. The largest absolute Gasteiger partial charge is 0.494 e. The molecule has 2 rings (SSSR count). The molecule has 1 aromatic carbocycles. The first kappa shape index (κ1) is 13.4. The van der Waals surface area contributed by atoms with Gasteiger partial charge in [-0.1, -0.05) is 31.9 Å². The van der Waals surface area contributed by atoms with Crippen molar-refractivity contribution in [2.75, 3.05) is 6.61 Å². The predicted octanol–water partition coefficient (Wildman–Crippen LogP) is 3.75. The van der Waals surface area contributed by atoms with Gasteiger partial charge in [0.05, 0.1) is 6.61 Å². The van der Waals surface area contributed by atoms with Crippen molar-refractivity contribution in [1.29, 1.82) is 0 Å². The molecular weight excluding hydrogens is 222 g/mol. The predicted molar refractivity (Wildman–Crippen MR) is 75.9 cm³/mol. The van der Waals surface area contributed by atoms with Crippen molar-refractivity contribution in [1.82, 2.24) is 5.32 Å². The maximum Gasteiger partial charge on any atom is 0.119 e. The Bertz CT molecular complexity index is 360. The van der Waals surface area contributed by atoms with Crippen LogP contribution in [0.25, 0.3) is 0 Å². The van der Waals surface area contributed by atoms with Gasteiger partial charge in [0.1, 0.15) is 5.75 Å². The van der Waals surface area contributed by atoms with E-state index in [1.807, 2.05) is 6.07 Å². The molecule has 2 heteroatoms. The average Bonchev–Trinajstić information content (AvgIpc) is 3.18. The first-order valence-electron chi connectivity index (χ1n) is 7.23. The van der Waals surface area contributed by atoms with Gasteiger partial charge in [0, 0.05) is 12.6 Å². The average molecular weight is 247 g/mol. The number of rotatable bonds is 8. The molecule has 100 valence electrons. The zero-order chi connectivity index (χ0) is 12.8. The van der Waals surface area contributed by atoms with E-state index in [-0.39, 0.29) is 0 Å². The third-order valence-electron chi connectivity index (χ3n) is 3.41. The highest BCUT2D eigenvalue weighted by molar-refractivity contribution is 5.28. The van der Waals surface area contributed by atoms with Crippen LogP contribution in [0.2, 0.25) is 0 Å². The van der Waals surface area contributed by atoms with Crippen molar-refractivity contribution in [3.05, 3.63) is 29.8 Å². The van der Waals surface area contributed by atoms with E-state index in [0.29, 0.717) is 6.04 Å². The molecule has 0 bridgehead atoms. The van der Waals surface area contributed by atoms with Gasteiger partial charge in [0.25, 0.3) is 0 Å². The molecule has 1 atom stereocenters. The SMILES string of the molecule is CCCOc1cccc(CNC(C)CC2CC2)c1. The molecule has 0 heterocycles. The molecular formula is C16H25NO. The maximum atomic E-state index is 5.65. The van der Waals surface area contributed by atoms with Gasteiger partial charge < -0.3 is 10.1 Å². The molecule has 0 spiro atoms. The minimum Gasteiger partial charge on any atom is -0.494 e. The van der Waals surface area contributed by atoms with E-state index in [0.717, 1.165) is 31.2 Å². The molecule has 0 aliphatic heterocycles. The van der Waals surface area contributed by atoms with Gasteiger partial charge in [-0.15, -0.1) is 0 Å². The minimum absolute atomic E-state index is 0.623. The molecule has 2 nitrogen and oxygen atoms in total. The first-order chi connectivity index (χ1) is 8.78. The van der Waals surface area contributed by atoms with Crippen LogP contribution < -0.4 is 10.1 Å². The van der Waals surface area contributed by atoms with Crippen LogP contribution in [0.4, 0.5) is 0 Å². The van der Waals surface area contributed by atoms with Gasteiger partial charge in [-0.2, -0.15) is 0 Å². The van der Waals surface area contributed by atoms with Crippen molar-refractivity contribution in [3.8, 4) is 5.75 Å². The lowest BCUT2D eigenvalue weighted by molar-refractivity contribution is 0.317. The maximum absolute atomic E-state index is 5.65. The van der Waals surface area contributed by atoms with E-state index >= 15 is 0 Å². The second-order valence-corrected chi connectivity index (χ2v) is 5.46. The van der Waals surface area contributed by atoms with Crippen molar-refractivity contribution in [2.45, 2.75) is 52.1 Å². The molecule has 0 amide bonds. The molecule has 1 unspecified atom stereocenters. The molecule has 1 aliphatic carbocycles. The second-order valence-electron chi connectivity index (χ2n) is 5.46. The van der Waals surface area contributed by atoms with E-state index in [4.69, 9.17) is 4.74 Å². The third kappa shape index (κ3) is 4.69. The smallest absolute Gasteiger partial charge is 0.119 e. The van der Waals surface area contributed by atoms with Crippen LogP contribution in [0.15, 0.2) is 24.3 Å². The Balaban J connectivity index is 1.76. The number of hydrogen-bond acceptors (Lipinski definition) is 2. The van der Waals surface area contributed by atoms with Crippen LogP contribution >= 0.6 is 0 Å². The molecule has 1 fully saturated rings. The number of benzene rings is 1. The highest BCUT2D eigenvalue weighted by atomic mass is 16.5. The summed E-state index contributed by atoms with van der Waals surface area (Å²) in [6.07, 6.45) is 5.26. The van der Waals surface area contributed by atoms with Crippen LogP contribution in [0, 0.1) is 5.92 Å². The van der Waals surface area contributed by atoms with Crippen molar-refractivity contribution in [2.24, 2.45) is 5.92 Å². The molecule has 0 saturated heterocycles. The molecule has 18 heavy (non-hydrogen) atoms. The van der Waals surface area contributed by atoms with Crippen LogP contribution in [0.3, 0.4) is 0 Å². The lowest BCUT2D eigenvalue weighted by Crippen LogP contribution is -2.25. The number of ether oxygens (including phenoxy) is 1. The fraction of sp³-hybridized carbons (Fsp3) is 0.625. The molecule has 1 N–H and O–H groups in total.